The van der Waals surface area contributed by atoms with Gasteiger partial charge >= 0.3 is 0 Å². The minimum Gasteiger partial charge on any atom is -0.409 e. The topological polar surface area (TPSA) is 78.9 Å². The van der Waals surface area contributed by atoms with Gasteiger partial charge in [0.15, 0.2) is 0 Å². The van der Waals surface area contributed by atoms with Gasteiger partial charge in [0.25, 0.3) is 0 Å². The van der Waals surface area contributed by atoms with Crippen molar-refractivity contribution in [2.45, 2.75) is 38.6 Å². The fourth-order valence-electron chi connectivity index (χ4n) is 1.99. The molecule has 1 unspecified atom stereocenters. The van der Waals surface area contributed by atoms with Crippen LogP contribution in [0.15, 0.2) is 35.5 Å². The molecule has 3 N–H and O–H groups in total. The summed E-state index contributed by atoms with van der Waals surface area (Å²) >= 11 is 0. The third-order valence-electron chi connectivity index (χ3n) is 3.39. The highest BCUT2D eigenvalue weighted by molar-refractivity contribution is 5.81. The molecule has 1 amide bonds. The number of hydrogen-bond acceptors (Lipinski definition) is 3. The summed E-state index contributed by atoms with van der Waals surface area (Å²) in [6, 6.07) is 10.0. The molecule has 20 heavy (non-hydrogen) atoms. The Balaban J connectivity index is 2.34. The first-order chi connectivity index (χ1) is 9.54. The second-order valence-electron chi connectivity index (χ2n) is 4.99. The van der Waals surface area contributed by atoms with E-state index in [0.29, 0.717) is 12.8 Å². The predicted molar refractivity (Wildman–Crippen MR) is 79.6 cm³/mol. The molecule has 5 nitrogen and oxygen atoms in total. The maximum absolute atomic E-state index is 12.0. The monoisotopic (exact) mass is 277 g/mol. The SMILES string of the molecule is CC(CC(N)=NO)N(C)C(=O)CCCc1ccccc1. The van der Waals surface area contributed by atoms with Crippen LogP contribution in [0.4, 0.5) is 0 Å². The summed E-state index contributed by atoms with van der Waals surface area (Å²) in [5, 5.41) is 11.5. The van der Waals surface area contributed by atoms with Crippen LogP contribution in [0.2, 0.25) is 0 Å². The molecular formula is C15H23N3O2. The average Bonchev–Trinajstić information content (AvgIpc) is 2.47. The van der Waals surface area contributed by atoms with Crippen LogP contribution in [-0.4, -0.2) is 34.9 Å². The second kappa shape index (κ2) is 8.19. The van der Waals surface area contributed by atoms with Crippen molar-refractivity contribution in [3.05, 3.63) is 35.9 Å². The second-order valence-corrected chi connectivity index (χ2v) is 4.99. The van der Waals surface area contributed by atoms with E-state index in [0.717, 1.165) is 12.8 Å². The highest BCUT2D eigenvalue weighted by atomic mass is 16.4. The van der Waals surface area contributed by atoms with Crippen LogP contribution in [0.5, 0.6) is 0 Å². The van der Waals surface area contributed by atoms with E-state index in [-0.39, 0.29) is 17.8 Å². The summed E-state index contributed by atoms with van der Waals surface area (Å²) in [4.78, 5) is 13.7. The lowest BCUT2D eigenvalue weighted by Gasteiger charge is -2.24. The number of aryl methyl sites for hydroxylation is 1. The van der Waals surface area contributed by atoms with Gasteiger partial charge < -0.3 is 15.8 Å². The first kappa shape index (κ1) is 16.0. The summed E-state index contributed by atoms with van der Waals surface area (Å²) < 4.78 is 0. The Labute approximate surface area is 120 Å². The van der Waals surface area contributed by atoms with Gasteiger partial charge in [-0.3, -0.25) is 4.79 Å². The predicted octanol–water partition coefficient (Wildman–Crippen LogP) is 1.99. The number of carbonyl (C=O) groups is 1. The van der Waals surface area contributed by atoms with Crippen LogP contribution in [0.1, 0.15) is 31.7 Å². The molecule has 1 aromatic rings. The van der Waals surface area contributed by atoms with Crippen molar-refractivity contribution in [1.82, 2.24) is 4.90 Å². The van der Waals surface area contributed by atoms with Crippen LogP contribution in [0.25, 0.3) is 0 Å². The lowest BCUT2D eigenvalue weighted by atomic mass is 10.1. The molecule has 0 radical (unpaired) electrons. The number of nitrogens with zero attached hydrogens (tertiary/aromatic N) is 2. The molecule has 0 spiro atoms. The Hall–Kier alpha value is -2.04. The van der Waals surface area contributed by atoms with Crippen molar-refractivity contribution < 1.29 is 10.0 Å². The van der Waals surface area contributed by atoms with E-state index < -0.39 is 0 Å². The Morgan fingerprint density at radius 2 is 2.05 bits per heavy atom. The van der Waals surface area contributed by atoms with E-state index in [4.69, 9.17) is 10.9 Å². The van der Waals surface area contributed by atoms with Crippen LogP contribution in [0.3, 0.4) is 0 Å². The van der Waals surface area contributed by atoms with Gasteiger partial charge in [0, 0.05) is 25.9 Å². The zero-order valence-electron chi connectivity index (χ0n) is 12.1. The fourth-order valence-corrected chi connectivity index (χ4v) is 1.99. The van der Waals surface area contributed by atoms with E-state index in [9.17, 15) is 4.79 Å². The summed E-state index contributed by atoms with van der Waals surface area (Å²) in [6.45, 7) is 1.88. The third kappa shape index (κ3) is 5.30. The minimum atomic E-state index is -0.0740. The van der Waals surface area contributed by atoms with Gasteiger partial charge in [-0.25, -0.2) is 0 Å². The minimum absolute atomic E-state index is 0.0740. The van der Waals surface area contributed by atoms with Crippen molar-refractivity contribution in [3.8, 4) is 0 Å². The van der Waals surface area contributed by atoms with E-state index in [2.05, 4.69) is 17.3 Å². The molecule has 1 atom stereocenters. The zero-order valence-corrected chi connectivity index (χ0v) is 12.1. The van der Waals surface area contributed by atoms with Crippen LogP contribution in [-0.2, 0) is 11.2 Å². The number of amides is 1. The Bertz CT molecular complexity index is 446. The first-order valence-corrected chi connectivity index (χ1v) is 6.80. The van der Waals surface area contributed by atoms with E-state index in [1.165, 1.54) is 5.56 Å². The number of hydrogen-bond donors (Lipinski definition) is 2. The maximum atomic E-state index is 12.0. The van der Waals surface area contributed by atoms with Crippen molar-refractivity contribution in [2.24, 2.45) is 10.9 Å². The molecule has 0 bridgehead atoms. The number of oxime groups is 1. The molecule has 1 rings (SSSR count). The summed E-state index contributed by atoms with van der Waals surface area (Å²) in [5.74, 6) is 0.223. The number of carbonyl (C=O) groups excluding carboxylic acids is 1. The molecule has 0 saturated heterocycles. The van der Waals surface area contributed by atoms with Crippen molar-refractivity contribution >= 4 is 11.7 Å². The molecule has 1 aromatic carbocycles. The quantitative estimate of drug-likeness (QED) is 0.346. The smallest absolute Gasteiger partial charge is 0.222 e. The number of rotatable bonds is 7. The van der Waals surface area contributed by atoms with Crippen molar-refractivity contribution in [2.75, 3.05) is 7.05 Å². The van der Waals surface area contributed by atoms with E-state index >= 15 is 0 Å². The normalized spacial score (nSPS) is 13.0. The third-order valence-corrected chi connectivity index (χ3v) is 3.39. The van der Waals surface area contributed by atoms with Gasteiger partial charge in [-0.2, -0.15) is 0 Å². The molecule has 0 saturated carbocycles. The van der Waals surface area contributed by atoms with Crippen LogP contribution in [0, 0.1) is 0 Å². The summed E-state index contributed by atoms with van der Waals surface area (Å²) in [7, 11) is 1.75. The van der Waals surface area contributed by atoms with Crippen LogP contribution < -0.4 is 5.73 Å². The number of benzene rings is 1. The fraction of sp³-hybridized carbons (Fsp3) is 0.467. The van der Waals surface area contributed by atoms with E-state index in [1.54, 1.807) is 11.9 Å². The van der Waals surface area contributed by atoms with Crippen molar-refractivity contribution in [3.63, 3.8) is 0 Å². The van der Waals surface area contributed by atoms with Gasteiger partial charge in [-0.1, -0.05) is 35.5 Å². The van der Waals surface area contributed by atoms with Gasteiger partial charge in [0.1, 0.15) is 5.84 Å². The Morgan fingerprint density at radius 1 is 1.40 bits per heavy atom. The molecule has 0 fully saturated rings. The number of amidine groups is 1. The highest BCUT2D eigenvalue weighted by Gasteiger charge is 2.16. The van der Waals surface area contributed by atoms with Crippen molar-refractivity contribution in [1.29, 1.82) is 0 Å². The summed E-state index contributed by atoms with van der Waals surface area (Å²) in [5.41, 5.74) is 6.69. The molecule has 0 aliphatic carbocycles. The molecule has 0 aliphatic heterocycles. The summed E-state index contributed by atoms with van der Waals surface area (Å²) in [6.07, 6.45) is 2.60. The standard InChI is InChI=1S/C15H23N3O2/c1-12(11-14(16)17-20)18(2)15(19)10-6-9-13-7-4-3-5-8-13/h3-5,7-8,12,20H,6,9-11H2,1-2H3,(H2,16,17). The Kier molecular flexibility index (Phi) is 6.56. The molecule has 110 valence electrons. The Morgan fingerprint density at radius 3 is 2.65 bits per heavy atom. The van der Waals surface area contributed by atoms with Gasteiger partial charge in [-0.15, -0.1) is 0 Å². The number of nitrogens with two attached hydrogens (primary N) is 1. The van der Waals surface area contributed by atoms with E-state index in [1.807, 2.05) is 25.1 Å². The largest absolute Gasteiger partial charge is 0.409 e. The van der Waals surface area contributed by atoms with Gasteiger partial charge in [0.05, 0.1) is 0 Å². The van der Waals surface area contributed by atoms with Crippen LogP contribution >= 0.6 is 0 Å². The zero-order chi connectivity index (χ0) is 15.0. The molecule has 0 aliphatic rings. The molecular weight excluding hydrogens is 254 g/mol. The van der Waals surface area contributed by atoms with Gasteiger partial charge in [-0.05, 0) is 25.3 Å². The molecule has 0 aromatic heterocycles. The highest BCUT2D eigenvalue weighted by Crippen LogP contribution is 2.08. The van der Waals surface area contributed by atoms with Gasteiger partial charge in [0.2, 0.25) is 5.91 Å². The maximum Gasteiger partial charge on any atom is 0.222 e. The first-order valence-electron chi connectivity index (χ1n) is 6.80. The molecule has 0 heterocycles. The lowest BCUT2D eigenvalue weighted by molar-refractivity contribution is -0.131. The average molecular weight is 277 g/mol. The molecule has 5 heteroatoms. The lowest BCUT2D eigenvalue weighted by Crippen LogP contribution is -2.37.